The highest BCUT2D eigenvalue weighted by Crippen LogP contribution is 2.26. The van der Waals surface area contributed by atoms with Gasteiger partial charge in [-0.1, -0.05) is 30.3 Å². The summed E-state index contributed by atoms with van der Waals surface area (Å²) in [6, 6.07) is 13.6. The fraction of sp³-hybridized carbons (Fsp3) is 0.269. The highest BCUT2D eigenvalue weighted by molar-refractivity contribution is 6.45. The fourth-order valence-electron chi connectivity index (χ4n) is 4.13. The number of piperazine rings is 1. The zero-order valence-electron chi connectivity index (χ0n) is 20.1. The van der Waals surface area contributed by atoms with E-state index >= 15 is 0 Å². The molecular formula is C26H26N4O7. The maximum Gasteiger partial charge on any atom is 0.308 e. The van der Waals surface area contributed by atoms with Gasteiger partial charge in [0.05, 0.1) is 30.3 Å². The summed E-state index contributed by atoms with van der Waals surface area (Å²) in [5.41, 5.74) is 1.35. The van der Waals surface area contributed by atoms with Crippen LogP contribution in [0.25, 0.3) is 10.9 Å². The van der Waals surface area contributed by atoms with Crippen LogP contribution in [0.5, 0.6) is 0 Å². The van der Waals surface area contributed by atoms with Gasteiger partial charge in [-0.15, -0.1) is 0 Å². The minimum absolute atomic E-state index is 0.123. The van der Waals surface area contributed by atoms with Crippen molar-refractivity contribution < 1.29 is 33.8 Å². The predicted molar refractivity (Wildman–Crippen MR) is 133 cm³/mol. The number of anilines is 1. The molecule has 1 aliphatic rings. The summed E-state index contributed by atoms with van der Waals surface area (Å²) >= 11 is 0. The number of aromatic amines is 1. The van der Waals surface area contributed by atoms with E-state index in [1.807, 2.05) is 6.07 Å². The number of esters is 1. The van der Waals surface area contributed by atoms with Crippen LogP contribution in [0.4, 0.5) is 5.69 Å². The summed E-state index contributed by atoms with van der Waals surface area (Å²) in [6.07, 6.45) is -0.737. The Labute approximate surface area is 212 Å². The first-order valence-corrected chi connectivity index (χ1v) is 11.6. The van der Waals surface area contributed by atoms with E-state index in [1.165, 1.54) is 11.1 Å². The number of amides is 3. The van der Waals surface area contributed by atoms with E-state index in [2.05, 4.69) is 15.0 Å². The lowest BCUT2D eigenvalue weighted by Crippen LogP contribution is -2.52. The number of ketones is 1. The number of rotatable bonds is 7. The summed E-state index contributed by atoms with van der Waals surface area (Å²) in [6.45, 7) is 1.07. The second kappa shape index (κ2) is 11.0. The smallest absolute Gasteiger partial charge is 0.308 e. The van der Waals surface area contributed by atoms with Gasteiger partial charge in [-0.05, 0) is 18.2 Å². The van der Waals surface area contributed by atoms with Crippen LogP contribution in [0.2, 0.25) is 0 Å². The van der Waals surface area contributed by atoms with E-state index < -0.39 is 36.1 Å². The van der Waals surface area contributed by atoms with Crippen LogP contribution < -0.4 is 5.32 Å². The van der Waals surface area contributed by atoms with Crippen molar-refractivity contribution >= 4 is 46.1 Å². The first kappa shape index (κ1) is 25.6. The predicted octanol–water partition coefficient (Wildman–Crippen LogP) is 1.20. The molecule has 0 bridgehead atoms. The number of para-hydroxylation sites is 1. The van der Waals surface area contributed by atoms with E-state index in [-0.39, 0.29) is 30.2 Å². The van der Waals surface area contributed by atoms with Crippen LogP contribution in [0.3, 0.4) is 0 Å². The summed E-state index contributed by atoms with van der Waals surface area (Å²) in [7, 11) is 1.15. The number of aliphatic hydroxyl groups is 1. The number of ether oxygens (including phenoxy) is 1. The van der Waals surface area contributed by atoms with Crippen molar-refractivity contribution in [2.24, 2.45) is 0 Å². The molecule has 1 aliphatic heterocycles. The molecule has 1 fully saturated rings. The molecule has 2 aromatic carbocycles. The van der Waals surface area contributed by atoms with E-state index in [1.54, 1.807) is 47.4 Å². The Morgan fingerprint density at radius 1 is 0.973 bits per heavy atom. The Morgan fingerprint density at radius 3 is 2.32 bits per heavy atom. The molecule has 11 nitrogen and oxygen atoms in total. The van der Waals surface area contributed by atoms with Gasteiger partial charge in [0, 0.05) is 43.3 Å². The Balaban J connectivity index is 1.42. The number of nitrogens with zero attached hydrogens (tertiary/aromatic N) is 2. The van der Waals surface area contributed by atoms with Crippen molar-refractivity contribution in [3.63, 3.8) is 0 Å². The minimum atomic E-state index is -1.62. The third-order valence-corrected chi connectivity index (χ3v) is 6.18. The van der Waals surface area contributed by atoms with E-state index in [0.29, 0.717) is 29.6 Å². The third-order valence-electron chi connectivity index (χ3n) is 6.18. The first-order valence-electron chi connectivity index (χ1n) is 11.6. The molecule has 3 aromatic rings. The van der Waals surface area contributed by atoms with Crippen LogP contribution >= 0.6 is 0 Å². The Hall–Kier alpha value is -4.51. The van der Waals surface area contributed by atoms with Crippen LogP contribution in [0.1, 0.15) is 27.1 Å². The monoisotopic (exact) mass is 506 g/mol. The molecule has 37 heavy (non-hydrogen) atoms. The first-order chi connectivity index (χ1) is 17.8. The second-order valence-electron chi connectivity index (χ2n) is 8.50. The van der Waals surface area contributed by atoms with Crippen LogP contribution in [0, 0.1) is 0 Å². The van der Waals surface area contributed by atoms with E-state index in [9.17, 15) is 29.1 Å². The summed E-state index contributed by atoms with van der Waals surface area (Å²) in [4.78, 5) is 68.3. The quantitative estimate of drug-likeness (QED) is 0.248. The molecular weight excluding hydrogens is 480 g/mol. The lowest BCUT2D eigenvalue weighted by molar-refractivity contribution is -0.145. The largest absolute Gasteiger partial charge is 0.469 e. The van der Waals surface area contributed by atoms with E-state index in [4.69, 9.17) is 0 Å². The number of methoxy groups -OCH3 is 1. The molecule has 3 amide bonds. The third kappa shape index (κ3) is 5.51. The Morgan fingerprint density at radius 2 is 1.65 bits per heavy atom. The van der Waals surface area contributed by atoms with Gasteiger partial charge in [-0.3, -0.25) is 24.0 Å². The van der Waals surface area contributed by atoms with Gasteiger partial charge in [0.25, 0.3) is 23.5 Å². The average Bonchev–Trinajstić information content (AvgIpc) is 3.37. The fourth-order valence-corrected chi connectivity index (χ4v) is 4.13. The molecule has 0 saturated carbocycles. The maximum absolute atomic E-state index is 13.1. The number of fused-ring (bicyclic) bond motifs is 1. The number of hydrogen-bond acceptors (Lipinski definition) is 7. The number of aliphatic hydroxyl groups excluding tert-OH is 1. The summed E-state index contributed by atoms with van der Waals surface area (Å²) in [5, 5.41) is 12.9. The molecule has 2 heterocycles. The highest BCUT2D eigenvalue weighted by Gasteiger charge is 2.30. The van der Waals surface area contributed by atoms with Gasteiger partial charge in [-0.25, -0.2) is 0 Å². The molecule has 0 aliphatic carbocycles. The van der Waals surface area contributed by atoms with Crippen molar-refractivity contribution in [2.45, 2.75) is 12.5 Å². The number of carbonyl (C=O) groups excluding carboxylic acids is 5. The summed E-state index contributed by atoms with van der Waals surface area (Å²) < 4.78 is 4.45. The zero-order chi connectivity index (χ0) is 26.5. The Bertz CT molecular complexity index is 1340. The standard InChI is InChI=1S/C26H26N4O7/c1-37-21(32)14-20(31)24(34)28-19-9-5-8-17-18(15-27-22(17)19)23(33)26(36)30-12-10-29(11-13-30)25(35)16-6-3-2-4-7-16/h2-9,15,20,27,31H,10-14H2,1H3,(H,28,34). The molecule has 1 saturated heterocycles. The number of benzene rings is 2. The van der Waals surface area contributed by atoms with Gasteiger partial charge in [0.15, 0.2) is 0 Å². The van der Waals surface area contributed by atoms with Gasteiger partial charge >= 0.3 is 5.97 Å². The van der Waals surface area contributed by atoms with Crippen molar-refractivity contribution in [3.8, 4) is 0 Å². The SMILES string of the molecule is COC(=O)CC(O)C(=O)Nc1cccc2c(C(=O)C(=O)N3CCN(C(=O)c4ccccc4)CC3)c[nH]c12. The normalized spacial score (nSPS) is 14.2. The number of nitrogens with one attached hydrogen (secondary N) is 2. The molecule has 1 aromatic heterocycles. The molecule has 1 unspecified atom stereocenters. The van der Waals surface area contributed by atoms with Crippen LogP contribution in [-0.2, 0) is 19.1 Å². The Kier molecular flexibility index (Phi) is 7.63. The number of aromatic nitrogens is 1. The molecule has 4 rings (SSSR count). The van der Waals surface area contributed by atoms with Gasteiger partial charge < -0.3 is 29.9 Å². The number of Topliss-reactive ketones (excluding diaryl/α,β-unsaturated/α-hetero) is 1. The van der Waals surface area contributed by atoms with Gasteiger partial charge in [0.1, 0.15) is 6.10 Å². The molecule has 192 valence electrons. The van der Waals surface area contributed by atoms with Gasteiger partial charge in [-0.2, -0.15) is 0 Å². The average molecular weight is 507 g/mol. The van der Waals surface area contributed by atoms with Crippen molar-refractivity contribution in [1.82, 2.24) is 14.8 Å². The van der Waals surface area contributed by atoms with Crippen LogP contribution in [-0.4, -0.2) is 88.8 Å². The lowest BCUT2D eigenvalue weighted by atomic mass is 10.1. The van der Waals surface area contributed by atoms with Crippen molar-refractivity contribution in [2.75, 3.05) is 38.6 Å². The topological polar surface area (TPSA) is 149 Å². The molecule has 0 spiro atoms. The van der Waals surface area contributed by atoms with Gasteiger partial charge in [0.2, 0.25) is 0 Å². The number of H-pyrrole nitrogens is 1. The zero-order valence-corrected chi connectivity index (χ0v) is 20.1. The van der Waals surface area contributed by atoms with Crippen molar-refractivity contribution in [1.29, 1.82) is 0 Å². The van der Waals surface area contributed by atoms with Crippen LogP contribution in [0.15, 0.2) is 54.7 Å². The van der Waals surface area contributed by atoms with E-state index in [0.717, 1.165) is 7.11 Å². The molecule has 0 radical (unpaired) electrons. The number of carbonyl (C=O) groups is 5. The lowest BCUT2D eigenvalue weighted by Gasteiger charge is -2.34. The minimum Gasteiger partial charge on any atom is -0.469 e. The molecule has 1 atom stereocenters. The highest BCUT2D eigenvalue weighted by atomic mass is 16.5. The maximum atomic E-state index is 13.1. The molecule has 3 N–H and O–H groups in total. The summed E-state index contributed by atoms with van der Waals surface area (Å²) in [5.74, 6) is -3.09. The molecule has 11 heteroatoms. The number of hydrogen-bond donors (Lipinski definition) is 3. The van der Waals surface area contributed by atoms with Crippen molar-refractivity contribution in [3.05, 3.63) is 65.9 Å². The second-order valence-corrected chi connectivity index (χ2v) is 8.50.